The zero-order valence-electron chi connectivity index (χ0n) is 12.6. The van der Waals surface area contributed by atoms with Gasteiger partial charge in [-0.2, -0.15) is 0 Å². The minimum Gasteiger partial charge on any atom is -0.375 e. The van der Waals surface area contributed by atoms with Gasteiger partial charge in [0.05, 0.1) is 11.7 Å². The van der Waals surface area contributed by atoms with E-state index in [1.54, 1.807) is 0 Å². The maximum atomic E-state index is 14.3. The number of hydrogen-bond acceptors (Lipinski definition) is 2. The predicted molar refractivity (Wildman–Crippen MR) is 87.0 cm³/mol. The number of benzene rings is 2. The fourth-order valence-electron chi connectivity index (χ4n) is 3.81. The zero-order valence-corrected chi connectivity index (χ0v) is 12.6. The summed E-state index contributed by atoms with van der Waals surface area (Å²) in [6.45, 7) is 0.503. The molecule has 0 radical (unpaired) electrons. The number of anilines is 1. The second-order valence-electron chi connectivity index (χ2n) is 6.27. The van der Waals surface area contributed by atoms with Crippen molar-refractivity contribution in [2.75, 3.05) is 5.32 Å². The minimum atomic E-state index is -0.526. The van der Waals surface area contributed by atoms with Crippen LogP contribution in [0.5, 0.6) is 0 Å². The van der Waals surface area contributed by atoms with Gasteiger partial charge >= 0.3 is 0 Å². The highest BCUT2D eigenvalue weighted by Crippen LogP contribution is 2.50. The van der Waals surface area contributed by atoms with Crippen LogP contribution >= 0.6 is 0 Å². The molecule has 0 aromatic heterocycles. The topological polar surface area (TPSA) is 38.0 Å². The Hall–Kier alpha value is -2.20. The molecule has 4 heteroatoms. The maximum absolute atomic E-state index is 14.3. The first kappa shape index (κ1) is 14.4. The number of rotatable bonds is 2. The molecular weight excluding hydrogens is 294 g/mol. The summed E-state index contributed by atoms with van der Waals surface area (Å²) in [7, 11) is 0. The third kappa shape index (κ3) is 2.34. The molecule has 0 unspecified atom stereocenters. The second kappa shape index (κ2) is 5.46. The number of halogens is 2. The van der Waals surface area contributed by atoms with Gasteiger partial charge in [-0.15, -0.1) is 0 Å². The molecule has 118 valence electrons. The Morgan fingerprint density at radius 2 is 1.91 bits per heavy atom. The van der Waals surface area contributed by atoms with Gasteiger partial charge in [-0.1, -0.05) is 36.4 Å². The second-order valence-corrected chi connectivity index (χ2v) is 6.27. The summed E-state index contributed by atoms with van der Waals surface area (Å²) in [5.74, 6) is -0.724. The van der Waals surface area contributed by atoms with Gasteiger partial charge in [0.15, 0.2) is 0 Å². The SMILES string of the molecule is NCc1ccc([C@@H]2Nc3c(F)cc(F)cc3[C@@H]3C=CC[C@@H]32)cc1. The van der Waals surface area contributed by atoms with E-state index >= 15 is 0 Å². The summed E-state index contributed by atoms with van der Waals surface area (Å²) in [4.78, 5) is 0. The normalized spacial score (nSPS) is 24.9. The van der Waals surface area contributed by atoms with Crippen LogP contribution in [0.2, 0.25) is 0 Å². The standard InChI is InChI=1S/C19H18F2N2/c20-13-8-16-14-2-1-3-15(14)18(23-19(16)17(21)9-13)12-6-4-11(10-22)5-7-12/h1-2,4-9,14-15,18,23H,3,10,22H2/t14-,15+,18+/m1/s1. The minimum absolute atomic E-state index is 0.00860. The number of nitrogens with one attached hydrogen (secondary N) is 1. The van der Waals surface area contributed by atoms with E-state index in [9.17, 15) is 8.78 Å². The van der Waals surface area contributed by atoms with Crippen molar-refractivity contribution in [3.63, 3.8) is 0 Å². The lowest BCUT2D eigenvalue weighted by molar-refractivity contribution is 0.418. The van der Waals surface area contributed by atoms with Crippen LogP contribution in [0.25, 0.3) is 0 Å². The zero-order chi connectivity index (χ0) is 16.0. The van der Waals surface area contributed by atoms with Crippen LogP contribution in [-0.4, -0.2) is 0 Å². The van der Waals surface area contributed by atoms with Gasteiger partial charge < -0.3 is 11.1 Å². The first-order valence-corrected chi connectivity index (χ1v) is 7.88. The third-order valence-electron chi connectivity index (χ3n) is 4.96. The smallest absolute Gasteiger partial charge is 0.149 e. The molecule has 3 N–H and O–H groups in total. The average Bonchev–Trinajstić information content (AvgIpc) is 3.04. The van der Waals surface area contributed by atoms with Crippen LogP contribution in [0.3, 0.4) is 0 Å². The molecule has 0 amide bonds. The van der Waals surface area contributed by atoms with Gasteiger partial charge in [-0.25, -0.2) is 8.78 Å². The molecule has 23 heavy (non-hydrogen) atoms. The summed E-state index contributed by atoms with van der Waals surface area (Å²) < 4.78 is 27.9. The summed E-state index contributed by atoms with van der Waals surface area (Å²) in [6.07, 6.45) is 5.08. The van der Waals surface area contributed by atoms with Gasteiger partial charge in [0.25, 0.3) is 0 Å². The van der Waals surface area contributed by atoms with Crippen LogP contribution in [0.15, 0.2) is 48.6 Å². The number of fused-ring (bicyclic) bond motifs is 3. The molecule has 1 aliphatic heterocycles. The van der Waals surface area contributed by atoms with Crippen molar-refractivity contribution in [3.8, 4) is 0 Å². The van der Waals surface area contributed by atoms with E-state index in [4.69, 9.17) is 5.73 Å². The van der Waals surface area contributed by atoms with E-state index in [0.29, 0.717) is 12.2 Å². The van der Waals surface area contributed by atoms with E-state index in [1.165, 1.54) is 6.07 Å². The van der Waals surface area contributed by atoms with Crippen LogP contribution in [-0.2, 0) is 6.54 Å². The van der Waals surface area contributed by atoms with E-state index in [0.717, 1.165) is 29.2 Å². The van der Waals surface area contributed by atoms with Crippen molar-refractivity contribution in [3.05, 3.63) is 76.9 Å². The average molecular weight is 312 g/mol. The fourth-order valence-corrected chi connectivity index (χ4v) is 3.81. The highest BCUT2D eigenvalue weighted by Gasteiger charge is 2.39. The van der Waals surface area contributed by atoms with E-state index in [-0.39, 0.29) is 17.9 Å². The summed E-state index contributed by atoms with van der Waals surface area (Å²) >= 11 is 0. The number of allylic oxidation sites excluding steroid dienone is 2. The lowest BCUT2D eigenvalue weighted by Crippen LogP contribution is -2.29. The Morgan fingerprint density at radius 3 is 2.65 bits per heavy atom. The lowest BCUT2D eigenvalue weighted by Gasteiger charge is -2.37. The molecule has 4 rings (SSSR count). The molecule has 3 atom stereocenters. The number of nitrogens with two attached hydrogens (primary N) is 1. The van der Waals surface area contributed by atoms with Crippen molar-refractivity contribution in [2.24, 2.45) is 11.7 Å². The van der Waals surface area contributed by atoms with Crippen molar-refractivity contribution in [1.82, 2.24) is 0 Å². The van der Waals surface area contributed by atoms with Crippen molar-refractivity contribution < 1.29 is 8.78 Å². The molecule has 2 aliphatic rings. The highest BCUT2D eigenvalue weighted by molar-refractivity contribution is 5.60. The van der Waals surface area contributed by atoms with Crippen LogP contribution < -0.4 is 11.1 Å². The molecule has 0 saturated carbocycles. The Labute approximate surface area is 134 Å². The Bertz CT molecular complexity index is 768. The van der Waals surface area contributed by atoms with Crippen molar-refractivity contribution >= 4 is 5.69 Å². The highest BCUT2D eigenvalue weighted by atomic mass is 19.1. The molecular formula is C19H18F2N2. The lowest BCUT2D eigenvalue weighted by atomic mass is 9.77. The molecule has 0 spiro atoms. The van der Waals surface area contributed by atoms with E-state index < -0.39 is 11.6 Å². The molecule has 2 aromatic carbocycles. The molecule has 2 nitrogen and oxygen atoms in total. The third-order valence-corrected chi connectivity index (χ3v) is 4.96. The number of hydrogen-bond donors (Lipinski definition) is 2. The van der Waals surface area contributed by atoms with Crippen molar-refractivity contribution in [2.45, 2.75) is 24.9 Å². The molecule has 1 aliphatic carbocycles. The van der Waals surface area contributed by atoms with Crippen LogP contribution in [0, 0.1) is 17.6 Å². The first-order chi connectivity index (χ1) is 11.2. The Kier molecular flexibility index (Phi) is 3.42. The predicted octanol–water partition coefficient (Wildman–Crippen LogP) is 4.25. The monoisotopic (exact) mass is 312 g/mol. The van der Waals surface area contributed by atoms with Crippen molar-refractivity contribution in [1.29, 1.82) is 0 Å². The van der Waals surface area contributed by atoms with Gasteiger partial charge in [0.2, 0.25) is 0 Å². The Morgan fingerprint density at radius 1 is 1.13 bits per heavy atom. The fraction of sp³-hybridized carbons (Fsp3) is 0.263. The molecule has 0 bridgehead atoms. The first-order valence-electron chi connectivity index (χ1n) is 7.88. The molecule has 0 fully saturated rings. The van der Waals surface area contributed by atoms with E-state index in [2.05, 4.69) is 17.5 Å². The summed E-state index contributed by atoms with van der Waals surface area (Å²) in [5.41, 5.74) is 8.97. The Balaban J connectivity index is 1.78. The van der Waals surface area contributed by atoms with Gasteiger partial charge in [-0.3, -0.25) is 0 Å². The summed E-state index contributed by atoms with van der Waals surface area (Å²) in [5, 5.41) is 3.30. The molecule has 2 aromatic rings. The maximum Gasteiger partial charge on any atom is 0.149 e. The van der Waals surface area contributed by atoms with Crippen LogP contribution in [0.1, 0.15) is 35.1 Å². The molecule has 0 saturated heterocycles. The quantitative estimate of drug-likeness (QED) is 0.814. The van der Waals surface area contributed by atoms with Crippen LogP contribution in [0.4, 0.5) is 14.5 Å². The summed E-state index contributed by atoms with van der Waals surface area (Å²) in [6, 6.07) is 10.5. The largest absolute Gasteiger partial charge is 0.375 e. The van der Waals surface area contributed by atoms with E-state index in [1.807, 2.05) is 24.3 Å². The van der Waals surface area contributed by atoms with Gasteiger partial charge in [-0.05, 0) is 35.1 Å². The van der Waals surface area contributed by atoms with Gasteiger partial charge in [0, 0.05) is 18.5 Å². The van der Waals surface area contributed by atoms with Gasteiger partial charge in [0.1, 0.15) is 11.6 Å². The molecule has 1 heterocycles.